The van der Waals surface area contributed by atoms with E-state index in [4.69, 9.17) is 0 Å². The van der Waals surface area contributed by atoms with E-state index < -0.39 is 22.8 Å². The smallest absolute Gasteiger partial charge is 0.342 e. The van der Waals surface area contributed by atoms with E-state index in [2.05, 4.69) is 15.4 Å². The average Bonchev–Trinajstić information content (AvgIpc) is 3.31. The molecule has 9 nitrogen and oxygen atoms in total. The van der Waals surface area contributed by atoms with Crippen LogP contribution in [0.15, 0.2) is 78.2 Å². The molecule has 0 saturated carbocycles. The fraction of sp³-hybridized carbons (Fsp3) is 0.240. The molecule has 10 heteroatoms. The molecule has 1 fully saturated rings. The molecule has 1 atom stereocenters. The van der Waals surface area contributed by atoms with Crippen molar-refractivity contribution in [1.29, 1.82) is 0 Å². The van der Waals surface area contributed by atoms with Crippen molar-refractivity contribution in [2.24, 2.45) is 5.10 Å². The van der Waals surface area contributed by atoms with E-state index >= 15 is 0 Å². The first kappa shape index (κ1) is 23.2. The summed E-state index contributed by atoms with van der Waals surface area (Å²) in [4.78, 5) is 17.5. The first-order chi connectivity index (χ1) is 16.9. The fourth-order valence-corrected chi connectivity index (χ4v) is 6.11. The monoisotopic (exact) mass is 493 g/mol. The predicted molar refractivity (Wildman–Crippen MR) is 138 cm³/mol. The zero-order chi connectivity index (χ0) is 24.4. The SMILES string of the molecule is O=C(Nc1ccc(N2CCCCS2(O)O)cc1)N1N=C(c2cccnc2)CC1c1ccccc1O. The number of urea groups is 1. The summed E-state index contributed by atoms with van der Waals surface area (Å²) in [5.41, 5.74) is 3.37. The summed E-state index contributed by atoms with van der Waals surface area (Å²) < 4.78 is 22.4. The van der Waals surface area contributed by atoms with Crippen molar-refractivity contribution in [3.05, 3.63) is 84.2 Å². The number of rotatable bonds is 4. The molecule has 5 rings (SSSR count). The fourth-order valence-electron chi connectivity index (χ4n) is 4.41. The number of amides is 2. The average molecular weight is 494 g/mol. The van der Waals surface area contributed by atoms with Crippen LogP contribution >= 0.6 is 10.8 Å². The maximum atomic E-state index is 13.3. The number of carbonyl (C=O) groups is 1. The third-order valence-corrected chi connectivity index (χ3v) is 8.13. The van der Waals surface area contributed by atoms with E-state index in [1.54, 1.807) is 59.2 Å². The number of anilines is 2. The molecule has 0 bridgehead atoms. The molecule has 2 aromatic carbocycles. The molecule has 2 amide bonds. The van der Waals surface area contributed by atoms with Crippen LogP contribution in [-0.4, -0.2) is 48.2 Å². The molecular formula is C25H27N5O4S. The van der Waals surface area contributed by atoms with Crippen molar-refractivity contribution in [3.63, 3.8) is 0 Å². The van der Waals surface area contributed by atoms with Crippen LogP contribution in [0, 0.1) is 0 Å². The lowest BCUT2D eigenvalue weighted by Gasteiger charge is -2.47. The van der Waals surface area contributed by atoms with Gasteiger partial charge in [-0.05, 0) is 49.2 Å². The Morgan fingerprint density at radius 2 is 1.83 bits per heavy atom. The van der Waals surface area contributed by atoms with E-state index in [9.17, 15) is 19.0 Å². The van der Waals surface area contributed by atoms with Crippen LogP contribution in [-0.2, 0) is 0 Å². The minimum atomic E-state index is -2.81. The maximum Gasteiger partial charge on any atom is 0.342 e. The van der Waals surface area contributed by atoms with Crippen molar-refractivity contribution in [1.82, 2.24) is 9.99 Å². The highest BCUT2D eigenvalue weighted by molar-refractivity contribution is 8.25. The molecule has 1 aromatic heterocycles. The Morgan fingerprint density at radius 3 is 2.54 bits per heavy atom. The van der Waals surface area contributed by atoms with Crippen LogP contribution in [0.2, 0.25) is 0 Å². The number of aromatic nitrogens is 1. The second-order valence-electron chi connectivity index (χ2n) is 8.53. The standard InChI is InChI=1S/C25H27N5O4S/c31-24-8-2-1-7-21(24)23-16-22(18-6-5-13-26-17-18)28-30(23)25(32)27-19-9-11-20(12-10-19)29-14-3-4-15-35(29,33)34/h1-2,5-13,17,23,31,33-34H,3-4,14-16H2,(H,27,32). The number of carbonyl (C=O) groups excluding carboxylic acids is 1. The minimum Gasteiger partial charge on any atom is -0.508 e. The number of benzene rings is 2. The number of nitrogens with one attached hydrogen (secondary N) is 1. The first-order valence-electron chi connectivity index (χ1n) is 11.4. The molecule has 0 aliphatic carbocycles. The Balaban J connectivity index is 1.38. The highest BCUT2D eigenvalue weighted by Gasteiger charge is 2.35. The van der Waals surface area contributed by atoms with Crippen molar-refractivity contribution < 1.29 is 19.0 Å². The van der Waals surface area contributed by atoms with Crippen LogP contribution in [0.4, 0.5) is 16.2 Å². The Morgan fingerprint density at radius 1 is 1.03 bits per heavy atom. The second-order valence-corrected chi connectivity index (χ2v) is 10.6. The topological polar surface area (TPSA) is 122 Å². The minimum absolute atomic E-state index is 0.0998. The molecule has 4 N–H and O–H groups in total. The molecule has 0 radical (unpaired) electrons. The molecule has 3 heterocycles. The number of nitrogens with zero attached hydrogens (tertiary/aromatic N) is 4. The van der Waals surface area contributed by atoms with Gasteiger partial charge in [0.1, 0.15) is 5.75 Å². The summed E-state index contributed by atoms with van der Waals surface area (Å²) in [5, 5.41) is 19.3. The number of hydrogen-bond donors (Lipinski definition) is 4. The lowest BCUT2D eigenvalue weighted by molar-refractivity contribution is 0.199. The summed E-state index contributed by atoms with van der Waals surface area (Å²) in [7, 11) is -2.81. The number of pyridine rings is 1. The molecule has 1 unspecified atom stereocenters. The molecule has 2 aliphatic rings. The summed E-state index contributed by atoms with van der Waals surface area (Å²) in [5.74, 6) is 0.466. The molecule has 182 valence electrons. The van der Waals surface area contributed by atoms with Crippen molar-refractivity contribution in [2.75, 3.05) is 21.9 Å². The number of para-hydroxylation sites is 1. The zero-order valence-electron chi connectivity index (χ0n) is 19.0. The van der Waals surface area contributed by atoms with E-state index in [-0.39, 0.29) is 5.75 Å². The van der Waals surface area contributed by atoms with E-state index in [1.165, 1.54) is 5.01 Å². The van der Waals surface area contributed by atoms with Gasteiger partial charge >= 0.3 is 6.03 Å². The van der Waals surface area contributed by atoms with Gasteiger partial charge in [-0.2, -0.15) is 5.10 Å². The van der Waals surface area contributed by atoms with Gasteiger partial charge in [-0.1, -0.05) is 24.3 Å². The molecule has 1 saturated heterocycles. The number of hydrogen-bond acceptors (Lipinski definition) is 7. The molecule has 35 heavy (non-hydrogen) atoms. The zero-order valence-corrected chi connectivity index (χ0v) is 19.8. The lowest BCUT2D eigenvalue weighted by atomic mass is 9.98. The van der Waals surface area contributed by atoms with Crippen LogP contribution in [0.5, 0.6) is 5.75 Å². The third-order valence-electron chi connectivity index (χ3n) is 6.20. The summed E-state index contributed by atoms with van der Waals surface area (Å²) >= 11 is 0. The highest BCUT2D eigenvalue weighted by atomic mass is 32.3. The Labute approximate surface area is 205 Å². The predicted octanol–water partition coefficient (Wildman–Crippen LogP) is 5.44. The number of phenols is 1. The van der Waals surface area contributed by atoms with Gasteiger partial charge in [0.25, 0.3) is 0 Å². The van der Waals surface area contributed by atoms with E-state index in [1.807, 2.05) is 18.2 Å². The van der Waals surface area contributed by atoms with Gasteiger partial charge in [0, 0.05) is 42.2 Å². The van der Waals surface area contributed by atoms with Gasteiger partial charge in [0.15, 0.2) is 0 Å². The normalized spacial score (nSPS) is 20.3. The first-order valence-corrected chi connectivity index (χ1v) is 13.1. The van der Waals surface area contributed by atoms with Gasteiger partial charge in [0.2, 0.25) is 0 Å². The van der Waals surface area contributed by atoms with Crippen LogP contribution < -0.4 is 9.62 Å². The van der Waals surface area contributed by atoms with Gasteiger partial charge in [0.05, 0.1) is 23.2 Å². The number of phenolic OH excluding ortho intramolecular Hbond substituents is 1. The summed E-state index contributed by atoms with van der Waals surface area (Å²) in [6.07, 6.45) is 5.50. The van der Waals surface area contributed by atoms with Crippen LogP contribution in [0.1, 0.15) is 36.4 Å². The molecule has 0 spiro atoms. The Hall–Kier alpha value is -3.60. The van der Waals surface area contributed by atoms with Crippen molar-refractivity contribution in [3.8, 4) is 5.75 Å². The van der Waals surface area contributed by atoms with Crippen molar-refractivity contribution >= 4 is 33.9 Å². The quantitative estimate of drug-likeness (QED) is 0.384. The van der Waals surface area contributed by atoms with Crippen LogP contribution in [0.3, 0.4) is 0 Å². The van der Waals surface area contributed by atoms with Crippen LogP contribution in [0.25, 0.3) is 0 Å². The Bertz CT molecular complexity index is 1240. The second kappa shape index (κ2) is 9.57. The summed E-state index contributed by atoms with van der Waals surface area (Å²) in [6.45, 7) is 0.579. The Kier molecular flexibility index (Phi) is 6.33. The van der Waals surface area contributed by atoms with Gasteiger partial charge in [-0.3, -0.25) is 18.4 Å². The molecule has 2 aliphatic heterocycles. The van der Waals surface area contributed by atoms with E-state index in [0.29, 0.717) is 41.4 Å². The third kappa shape index (κ3) is 4.81. The summed E-state index contributed by atoms with van der Waals surface area (Å²) in [6, 6.07) is 16.7. The van der Waals surface area contributed by atoms with E-state index in [0.717, 1.165) is 18.4 Å². The van der Waals surface area contributed by atoms with Gasteiger partial charge < -0.3 is 10.4 Å². The molecular weight excluding hydrogens is 466 g/mol. The lowest BCUT2D eigenvalue weighted by Crippen LogP contribution is -2.34. The largest absolute Gasteiger partial charge is 0.508 e. The maximum absolute atomic E-state index is 13.3. The highest BCUT2D eigenvalue weighted by Crippen LogP contribution is 2.49. The van der Waals surface area contributed by atoms with Crippen molar-refractivity contribution in [2.45, 2.75) is 25.3 Å². The number of hydrazone groups is 1. The number of aromatic hydroxyl groups is 1. The van der Waals surface area contributed by atoms with Gasteiger partial charge in [-0.15, -0.1) is 10.8 Å². The molecule has 3 aromatic rings. The van der Waals surface area contributed by atoms with Gasteiger partial charge in [-0.25, -0.2) is 9.80 Å².